The van der Waals surface area contributed by atoms with Gasteiger partial charge in [0.2, 0.25) is 0 Å². The van der Waals surface area contributed by atoms with Crippen molar-refractivity contribution in [3.8, 4) is 11.1 Å². The molecule has 0 saturated carbocycles. The van der Waals surface area contributed by atoms with Gasteiger partial charge in [-0.05, 0) is 77.1 Å². The van der Waals surface area contributed by atoms with Gasteiger partial charge in [0.1, 0.15) is 0 Å². The first-order valence-electron chi connectivity index (χ1n) is 10.5. The molecule has 0 amide bonds. The predicted molar refractivity (Wildman–Crippen MR) is 119 cm³/mol. The van der Waals surface area contributed by atoms with Gasteiger partial charge in [-0.25, -0.2) is 0 Å². The molecule has 0 unspecified atom stereocenters. The van der Waals surface area contributed by atoms with E-state index in [0.29, 0.717) is 11.8 Å². The lowest BCUT2D eigenvalue weighted by molar-refractivity contribution is 0.332. The Kier molecular flexibility index (Phi) is 4.41. The fourth-order valence-corrected chi connectivity index (χ4v) is 5.53. The van der Waals surface area contributed by atoms with Crippen molar-refractivity contribution in [3.05, 3.63) is 70.8 Å². The third-order valence-corrected chi connectivity index (χ3v) is 6.27. The molecular weight excluding hydrogens is 324 g/mol. The van der Waals surface area contributed by atoms with Crippen molar-refractivity contribution in [2.24, 2.45) is 11.8 Å². The van der Waals surface area contributed by atoms with Crippen molar-refractivity contribution in [3.63, 3.8) is 0 Å². The summed E-state index contributed by atoms with van der Waals surface area (Å²) in [6.45, 7) is 14.0. The van der Waals surface area contributed by atoms with E-state index >= 15 is 0 Å². The average molecular weight is 357 g/mol. The summed E-state index contributed by atoms with van der Waals surface area (Å²) in [7, 11) is 0. The predicted octanol–water partition coefficient (Wildman–Crippen LogP) is 7.82. The first-order chi connectivity index (χ1) is 12.8. The van der Waals surface area contributed by atoms with E-state index in [9.17, 15) is 0 Å². The number of aryl methyl sites for hydroxylation is 2. The molecule has 0 heteroatoms. The first-order valence-corrected chi connectivity index (χ1v) is 10.5. The molecule has 3 aromatic rings. The van der Waals surface area contributed by atoms with Gasteiger partial charge in [0, 0.05) is 5.41 Å². The summed E-state index contributed by atoms with van der Waals surface area (Å²) in [6.07, 6.45) is 2.41. The van der Waals surface area contributed by atoms with E-state index in [2.05, 4.69) is 90.1 Å². The Labute approximate surface area is 164 Å². The summed E-state index contributed by atoms with van der Waals surface area (Å²) in [5, 5.41) is 2.92. The van der Waals surface area contributed by atoms with Gasteiger partial charge < -0.3 is 0 Å². The maximum Gasteiger partial charge on any atom is 0.0220 e. The number of fused-ring (bicyclic) bond motifs is 2. The summed E-state index contributed by atoms with van der Waals surface area (Å²) in [4.78, 5) is 0. The molecule has 0 heterocycles. The summed E-state index contributed by atoms with van der Waals surface area (Å²) < 4.78 is 0. The number of hydrogen-bond acceptors (Lipinski definition) is 0. The molecule has 1 aliphatic carbocycles. The van der Waals surface area contributed by atoms with Gasteiger partial charge in [-0.3, -0.25) is 0 Å². The van der Waals surface area contributed by atoms with Crippen LogP contribution in [0.2, 0.25) is 0 Å². The van der Waals surface area contributed by atoms with Gasteiger partial charge in [-0.2, -0.15) is 0 Å². The van der Waals surface area contributed by atoms with Gasteiger partial charge in [0.25, 0.3) is 0 Å². The molecule has 1 aliphatic rings. The van der Waals surface area contributed by atoms with Crippen LogP contribution in [0.5, 0.6) is 0 Å². The van der Waals surface area contributed by atoms with E-state index in [0.717, 1.165) is 0 Å². The van der Waals surface area contributed by atoms with Crippen molar-refractivity contribution in [1.29, 1.82) is 0 Å². The SMILES string of the molecule is Cc1ccc2c(c1)C(CC(C)C)(CC(C)C)c1cccc3c(C)ccc-2c13. The Bertz CT molecular complexity index is 994. The zero-order chi connectivity index (χ0) is 19.3. The molecular formula is C27H32. The zero-order valence-electron chi connectivity index (χ0n) is 17.7. The maximum absolute atomic E-state index is 2.47. The molecule has 27 heavy (non-hydrogen) atoms. The molecule has 0 fully saturated rings. The van der Waals surface area contributed by atoms with Crippen LogP contribution in [-0.4, -0.2) is 0 Å². The van der Waals surface area contributed by atoms with Gasteiger partial charge >= 0.3 is 0 Å². The van der Waals surface area contributed by atoms with Crippen molar-refractivity contribution in [2.45, 2.75) is 59.8 Å². The van der Waals surface area contributed by atoms with E-state index < -0.39 is 0 Å². The molecule has 0 bridgehead atoms. The molecule has 140 valence electrons. The molecule has 0 saturated heterocycles. The van der Waals surface area contributed by atoms with Gasteiger partial charge in [-0.15, -0.1) is 0 Å². The largest absolute Gasteiger partial charge is 0.0627 e. The topological polar surface area (TPSA) is 0 Å². The monoisotopic (exact) mass is 356 g/mol. The molecule has 0 N–H and O–H groups in total. The second kappa shape index (κ2) is 6.51. The average Bonchev–Trinajstić information content (AvgIpc) is 2.60. The van der Waals surface area contributed by atoms with E-state index in [1.165, 1.54) is 45.9 Å². The second-order valence-electron chi connectivity index (χ2n) is 9.49. The van der Waals surface area contributed by atoms with E-state index in [4.69, 9.17) is 0 Å². The third kappa shape index (κ3) is 2.81. The van der Waals surface area contributed by atoms with Crippen LogP contribution < -0.4 is 0 Å². The van der Waals surface area contributed by atoms with Crippen LogP contribution in [-0.2, 0) is 5.41 Å². The fraction of sp³-hybridized carbons (Fsp3) is 0.407. The minimum atomic E-state index is 0.101. The third-order valence-electron chi connectivity index (χ3n) is 6.27. The van der Waals surface area contributed by atoms with Crippen LogP contribution in [0.1, 0.15) is 62.8 Å². The minimum absolute atomic E-state index is 0.101. The standard InChI is InChI=1S/C27H32/c1-17(2)15-27(16-18(3)4)24-9-7-8-21-20(6)11-13-23(26(21)24)22-12-10-19(5)14-25(22)27/h7-14,17-18H,15-16H2,1-6H3. The summed E-state index contributed by atoms with van der Waals surface area (Å²) in [5.74, 6) is 1.30. The van der Waals surface area contributed by atoms with Crippen LogP contribution in [0, 0.1) is 25.7 Å². The Hall–Kier alpha value is -2.08. The molecule has 0 radical (unpaired) electrons. The number of rotatable bonds is 4. The van der Waals surface area contributed by atoms with Gasteiger partial charge in [-0.1, -0.05) is 81.8 Å². The fourth-order valence-electron chi connectivity index (χ4n) is 5.53. The van der Waals surface area contributed by atoms with E-state index in [1.54, 1.807) is 11.1 Å². The summed E-state index contributed by atoms with van der Waals surface area (Å²) in [6, 6.07) is 18.8. The summed E-state index contributed by atoms with van der Waals surface area (Å²) in [5.41, 5.74) is 8.83. The first kappa shape index (κ1) is 18.3. The van der Waals surface area contributed by atoms with Crippen LogP contribution in [0.15, 0.2) is 48.5 Å². The molecule has 4 rings (SSSR count). The quantitative estimate of drug-likeness (QED) is 0.447. The minimum Gasteiger partial charge on any atom is -0.0627 e. The number of benzene rings is 3. The highest BCUT2D eigenvalue weighted by atomic mass is 14.4. The van der Waals surface area contributed by atoms with Crippen LogP contribution in [0.25, 0.3) is 21.9 Å². The maximum atomic E-state index is 2.47. The van der Waals surface area contributed by atoms with Crippen LogP contribution in [0.3, 0.4) is 0 Å². The van der Waals surface area contributed by atoms with Gasteiger partial charge in [0.15, 0.2) is 0 Å². The lowest BCUT2D eigenvalue weighted by Gasteiger charge is -2.43. The normalized spacial score (nSPS) is 14.8. The Morgan fingerprint density at radius 2 is 1.41 bits per heavy atom. The molecule has 0 aliphatic heterocycles. The summed E-state index contributed by atoms with van der Waals surface area (Å²) >= 11 is 0. The van der Waals surface area contributed by atoms with Gasteiger partial charge in [0.05, 0.1) is 0 Å². The molecule has 0 spiro atoms. The van der Waals surface area contributed by atoms with Crippen LogP contribution in [0.4, 0.5) is 0 Å². The lowest BCUT2D eigenvalue weighted by atomic mass is 9.59. The number of hydrogen-bond donors (Lipinski definition) is 0. The van der Waals surface area contributed by atoms with Crippen LogP contribution >= 0.6 is 0 Å². The zero-order valence-corrected chi connectivity index (χ0v) is 17.7. The Morgan fingerprint density at radius 3 is 2.07 bits per heavy atom. The Morgan fingerprint density at radius 1 is 0.741 bits per heavy atom. The highest BCUT2D eigenvalue weighted by molar-refractivity contribution is 6.04. The molecule has 3 aromatic carbocycles. The highest BCUT2D eigenvalue weighted by Gasteiger charge is 2.41. The van der Waals surface area contributed by atoms with E-state index in [-0.39, 0.29) is 5.41 Å². The molecule has 0 aromatic heterocycles. The lowest BCUT2D eigenvalue weighted by Crippen LogP contribution is -2.34. The molecule has 0 nitrogen and oxygen atoms in total. The van der Waals surface area contributed by atoms with Crippen molar-refractivity contribution < 1.29 is 0 Å². The van der Waals surface area contributed by atoms with Crippen molar-refractivity contribution in [2.75, 3.05) is 0 Å². The van der Waals surface area contributed by atoms with Crippen molar-refractivity contribution in [1.82, 2.24) is 0 Å². The van der Waals surface area contributed by atoms with Crippen molar-refractivity contribution >= 4 is 10.8 Å². The molecule has 0 atom stereocenters. The highest BCUT2D eigenvalue weighted by Crippen LogP contribution is 2.54. The van der Waals surface area contributed by atoms with E-state index in [1.807, 2.05) is 0 Å². The Balaban J connectivity index is 2.19. The smallest absolute Gasteiger partial charge is 0.0220 e. The second-order valence-corrected chi connectivity index (χ2v) is 9.49.